The highest BCUT2D eigenvalue weighted by molar-refractivity contribution is 14.1. The zero-order chi connectivity index (χ0) is 25.1. The molecule has 1 saturated heterocycles. The minimum atomic E-state index is -0.517. The number of nitro benzene ring substituents is 1. The van der Waals surface area contributed by atoms with Crippen LogP contribution in [0.2, 0.25) is 10.0 Å². The van der Waals surface area contributed by atoms with Crippen molar-refractivity contribution in [3.05, 3.63) is 106 Å². The van der Waals surface area contributed by atoms with Crippen LogP contribution in [0.3, 0.4) is 0 Å². The minimum Gasteiger partial charge on any atom is -0.488 e. The number of non-ortho nitro benzene ring substituents is 1. The van der Waals surface area contributed by atoms with Gasteiger partial charge in [-0.2, -0.15) is 0 Å². The molecule has 0 radical (unpaired) electrons. The number of thioether (sulfide) groups is 1. The van der Waals surface area contributed by atoms with Gasteiger partial charge in [0.15, 0.2) is 0 Å². The maximum absolute atomic E-state index is 12.8. The van der Waals surface area contributed by atoms with Crippen molar-refractivity contribution in [3.8, 4) is 5.75 Å². The third kappa shape index (κ3) is 6.16. The van der Waals surface area contributed by atoms with Crippen LogP contribution in [0.4, 0.5) is 10.5 Å². The second-order valence-electron chi connectivity index (χ2n) is 7.42. The summed E-state index contributed by atoms with van der Waals surface area (Å²) in [6.45, 7) is 0.269. The molecular weight excluding hydrogens is 626 g/mol. The molecule has 1 heterocycles. The third-order valence-corrected chi connectivity index (χ3v) is 7.46. The molecule has 0 aromatic heterocycles. The summed E-state index contributed by atoms with van der Waals surface area (Å²) in [5.74, 6) is 0.217. The van der Waals surface area contributed by atoms with E-state index in [1.165, 1.54) is 18.2 Å². The summed E-state index contributed by atoms with van der Waals surface area (Å²) in [6.07, 6.45) is 1.64. The number of rotatable bonds is 7. The van der Waals surface area contributed by atoms with Crippen LogP contribution in [0.25, 0.3) is 6.08 Å². The molecule has 3 aromatic carbocycles. The number of nitrogens with zero attached hydrogens (tertiary/aromatic N) is 2. The Hall–Kier alpha value is -2.60. The number of hydrogen-bond donors (Lipinski definition) is 0. The van der Waals surface area contributed by atoms with E-state index in [-0.39, 0.29) is 17.1 Å². The monoisotopic (exact) mass is 640 g/mol. The first kappa shape index (κ1) is 25.5. The number of hydrogen-bond acceptors (Lipinski definition) is 6. The van der Waals surface area contributed by atoms with E-state index in [2.05, 4.69) is 22.6 Å². The quantitative estimate of drug-likeness (QED) is 0.116. The maximum Gasteiger partial charge on any atom is 0.293 e. The Kier molecular flexibility index (Phi) is 8.00. The van der Waals surface area contributed by atoms with Crippen molar-refractivity contribution in [1.82, 2.24) is 4.90 Å². The van der Waals surface area contributed by atoms with E-state index in [4.69, 9.17) is 27.9 Å². The van der Waals surface area contributed by atoms with Gasteiger partial charge in [-0.05, 0) is 81.4 Å². The van der Waals surface area contributed by atoms with Gasteiger partial charge in [0, 0.05) is 12.1 Å². The molecule has 0 N–H and O–H groups in total. The number of nitro groups is 1. The number of halogens is 3. The number of ether oxygens (including phenoxy) is 1. The molecule has 1 fully saturated rings. The van der Waals surface area contributed by atoms with Gasteiger partial charge in [0.1, 0.15) is 12.4 Å². The second-order valence-corrected chi connectivity index (χ2v) is 10.4. The van der Waals surface area contributed by atoms with Crippen molar-refractivity contribution in [2.75, 3.05) is 0 Å². The topological polar surface area (TPSA) is 89.8 Å². The van der Waals surface area contributed by atoms with Gasteiger partial charge in [0.05, 0.1) is 30.0 Å². The Labute approximate surface area is 228 Å². The second kappa shape index (κ2) is 11.0. The van der Waals surface area contributed by atoms with E-state index in [0.29, 0.717) is 28.0 Å². The molecule has 0 spiro atoms. The highest BCUT2D eigenvalue weighted by Crippen LogP contribution is 2.34. The number of amides is 2. The summed E-state index contributed by atoms with van der Waals surface area (Å²) >= 11 is 15.0. The molecule has 0 unspecified atom stereocenters. The molecule has 0 saturated carbocycles. The van der Waals surface area contributed by atoms with Crippen LogP contribution >= 0.6 is 57.6 Å². The first-order chi connectivity index (χ1) is 16.7. The summed E-state index contributed by atoms with van der Waals surface area (Å²) in [4.78, 5) is 37.1. The summed E-state index contributed by atoms with van der Waals surface area (Å²) in [5.41, 5.74) is 2.01. The van der Waals surface area contributed by atoms with Crippen molar-refractivity contribution in [2.45, 2.75) is 13.2 Å². The van der Waals surface area contributed by atoms with Gasteiger partial charge < -0.3 is 4.74 Å². The molecule has 11 heteroatoms. The number of carbonyl (C=O) groups is 2. The van der Waals surface area contributed by atoms with Crippen molar-refractivity contribution < 1.29 is 19.2 Å². The molecule has 1 aliphatic heterocycles. The molecule has 35 heavy (non-hydrogen) atoms. The van der Waals surface area contributed by atoms with Crippen LogP contribution in [0, 0.1) is 13.7 Å². The SMILES string of the molecule is O=C1S/C(=C/c2ccc(OCc3ccc(Cl)c(Cl)c3)c(I)c2)C(=O)N1Cc1cccc([N+](=O)[O-])c1. The average Bonchev–Trinajstić information content (AvgIpc) is 3.08. The molecule has 7 nitrogen and oxygen atoms in total. The van der Waals surface area contributed by atoms with Gasteiger partial charge in [-0.1, -0.05) is 47.5 Å². The van der Waals surface area contributed by atoms with Gasteiger partial charge in [-0.25, -0.2) is 0 Å². The van der Waals surface area contributed by atoms with Crippen LogP contribution in [0.5, 0.6) is 5.75 Å². The summed E-state index contributed by atoms with van der Waals surface area (Å²) in [7, 11) is 0. The summed E-state index contributed by atoms with van der Waals surface area (Å²) < 4.78 is 6.70. The molecular formula is C24H15Cl2IN2O5S. The zero-order valence-corrected chi connectivity index (χ0v) is 22.2. The fraction of sp³-hybridized carbons (Fsp3) is 0.0833. The van der Waals surface area contributed by atoms with Gasteiger partial charge >= 0.3 is 0 Å². The Balaban J connectivity index is 1.45. The Morgan fingerprint density at radius 2 is 1.83 bits per heavy atom. The van der Waals surface area contributed by atoms with Crippen molar-refractivity contribution >= 4 is 80.5 Å². The van der Waals surface area contributed by atoms with E-state index in [1.807, 2.05) is 12.1 Å². The molecule has 178 valence electrons. The number of imide groups is 1. The van der Waals surface area contributed by atoms with Gasteiger partial charge in [-0.3, -0.25) is 24.6 Å². The lowest BCUT2D eigenvalue weighted by Gasteiger charge is -2.12. The van der Waals surface area contributed by atoms with Crippen LogP contribution in [0.1, 0.15) is 16.7 Å². The molecule has 2 amide bonds. The van der Waals surface area contributed by atoms with E-state index in [0.717, 1.165) is 31.4 Å². The smallest absolute Gasteiger partial charge is 0.293 e. The first-order valence-corrected chi connectivity index (χ1v) is 12.7. The molecule has 0 atom stereocenters. The fourth-order valence-corrected chi connectivity index (χ4v) is 5.11. The highest BCUT2D eigenvalue weighted by Gasteiger charge is 2.35. The van der Waals surface area contributed by atoms with Crippen LogP contribution < -0.4 is 4.74 Å². The van der Waals surface area contributed by atoms with Gasteiger partial charge in [0.25, 0.3) is 16.8 Å². The third-order valence-electron chi connectivity index (χ3n) is 4.97. The van der Waals surface area contributed by atoms with Crippen molar-refractivity contribution in [3.63, 3.8) is 0 Å². The van der Waals surface area contributed by atoms with E-state index in [1.54, 1.807) is 36.4 Å². The molecule has 3 aromatic rings. The van der Waals surface area contributed by atoms with Gasteiger partial charge in [0.2, 0.25) is 0 Å². The maximum atomic E-state index is 12.8. The van der Waals surface area contributed by atoms with E-state index < -0.39 is 16.1 Å². The summed E-state index contributed by atoms with van der Waals surface area (Å²) in [5, 5.41) is 11.5. The number of carbonyl (C=O) groups excluding carboxylic acids is 2. The average molecular weight is 641 g/mol. The molecule has 4 rings (SSSR count). The Bertz CT molecular complexity index is 1380. The lowest BCUT2D eigenvalue weighted by atomic mass is 10.1. The Morgan fingerprint density at radius 3 is 2.54 bits per heavy atom. The predicted molar refractivity (Wildman–Crippen MR) is 145 cm³/mol. The number of benzene rings is 3. The Morgan fingerprint density at radius 1 is 1.03 bits per heavy atom. The molecule has 1 aliphatic rings. The largest absolute Gasteiger partial charge is 0.488 e. The van der Waals surface area contributed by atoms with Crippen molar-refractivity contribution in [1.29, 1.82) is 0 Å². The van der Waals surface area contributed by atoms with Crippen LogP contribution in [0.15, 0.2) is 65.6 Å². The van der Waals surface area contributed by atoms with E-state index in [9.17, 15) is 19.7 Å². The molecule has 0 aliphatic carbocycles. The molecule has 0 bridgehead atoms. The highest BCUT2D eigenvalue weighted by atomic mass is 127. The van der Waals surface area contributed by atoms with E-state index >= 15 is 0 Å². The minimum absolute atomic E-state index is 0.0390. The van der Waals surface area contributed by atoms with Gasteiger partial charge in [-0.15, -0.1) is 0 Å². The lowest BCUT2D eigenvalue weighted by molar-refractivity contribution is -0.384. The normalized spacial score (nSPS) is 14.6. The summed E-state index contributed by atoms with van der Waals surface area (Å²) in [6, 6.07) is 16.6. The van der Waals surface area contributed by atoms with Crippen molar-refractivity contribution in [2.24, 2.45) is 0 Å². The standard InChI is InChI=1S/C24H15Cl2IN2O5S/c25-18-6-4-16(9-19(18)26)13-34-21-7-5-14(10-20(21)27)11-22-23(30)28(24(31)35-22)12-15-2-1-3-17(8-15)29(32)33/h1-11H,12-13H2/b22-11+. The van der Waals surface area contributed by atoms with Crippen LogP contribution in [-0.2, 0) is 17.9 Å². The first-order valence-electron chi connectivity index (χ1n) is 10.1. The predicted octanol–water partition coefficient (Wildman–Crippen LogP) is 7.32. The fourth-order valence-electron chi connectivity index (χ4n) is 3.25. The van der Waals surface area contributed by atoms with Crippen LogP contribution in [-0.4, -0.2) is 21.0 Å². The lowest BCUT2D eigenvalue weighted by Crippen LogP contribution is -2.27. The zero-order valence-electron chi connectivity index (χ0n) is 17.7.